The molecular weight excluding hydrogens is 318 g/mol. The third-order valence-corrected chi connectivity index (χ3v) is 3.89. The highest BCUT2D eigenvalue weighted by molar-refractivity contribution is 5.90. The molecule has 0 radical (unpaired) electrons. The Morgan fingerprint density at radius 3 is 2.52 bits per heavy atom. The Hall–Kier alpha value is -3.28. The minimum atomic E-state index is -0.556. The van der Waals surface area contributed by atoms with Gasteiger partial charge in [-0.1, -0.05) is 42.5 Å². The average molecular weight is 337 g/mol. The van der Waals surface area contributed by atoms with E-state index in [1.807, 2.05) is 37.3 Å². The van der Waals surface area contributed by atoms with Crippen LogP contribution in [0.25, 0.3) is 11.1 Å². The predicted octanol–water partition coefficient (Wildman–Crippen LogP) is 4.10. The number of carbonyl (C=O) groups excluding carboxylic acids is 1. The van der Waals surface area contributed by atoms with Crippen molar-refractivity contribution < 1.29 is 14.6 Å². The molecule has 128 valence electrons. The molecule has 0 saturated carbocycles. The Morgan fingerprint density at radius 1 is 1.16 bits per heavy atom. The van der Waals surface area contributed by atoms with Gasteiger partial charge in [0.2, 0.25) is 0 Å². The number of nitrogens with one attached hydrogen (secondary N) is 1. The maximum absolute atomic E-state index is 12.3. The van der Waals surface area contributed by atoms with Gasteiger partial charge in [0.1, 0.15) is 17.7 Å². The van der Waals surface area contributed by atoms with Crippen LogP contribution in [0, 0.1) is 0 Å². The SMILES string of the molecule is C[C@@H](OC(=O)Nc1c(-c2ccc(O)cc2)cnn1C)c1ccccc1. The van der Waals surface area contributed by atoms with Crippen LogP contribution in [0.2, 0.25) is 0 Å². The van der Waals surface area contributed by atoms with Crippen molar-refractivity contribution >= 4 is 11.9 Å². The van der Waals surface area contributed by atoms with Crippen molar-refractivity contribution in [3.05, 3.63) is 66.4 Å². The van der Waals surface area contributed by atoms with Crippen LogP contribution >= 0.6 is 0 Å². The molecule has 6 nitrogen and oxygen atoms in total. The van der Waals surface area contributed by atoms with E-state index in [1.165, 1.54) is 0 Å². The minimum Gasteiger partial charge on any atom is -0.508 e. The second kappa shape index (κ2) is 7.09. The Bertz CT molecular complexity index is 857. The first-order chi connectivity index (χ1) is 12.0. The lowest BCUT2D eigenvalue weighted by Gasteiger charge is -2.15. The largest absolute Gasteiger partial charge is 0.508 e. The van der Waals surface area contributed by atoms with Crippen molar-refractivity contribution in [3.63, 3.8) is 0 Å². The molecule has 2 aromatic carbocycles. The molecule has 0 bridgehead atoms. The van der Waals surface area contributed by atoms with Crippen molar-refractivity contribution in [1.82, 2.24) is 9.78 Å². The molecule has 1 amide bonds. The van der Waals surface area contributed by atoms with Gasteiger partial charge in [-0.05, 0) is 30.2 Å². The number of aromatic hydroxyl groups is 1. The lowest BCUT2D eigenvalue weighted by Crippen LogP contribution is -2.18. The van der Waals surface area contributed by atoms with E-state index in [4.69, 9.17) is 4.74 Å². The number of aromatic nitrogens is 2. The molecule has 0 aliphatic rings. The van der Waals surface area contributed by atoms with Crippen LogP contribution in [0.1, 0.15) is 18.6 Å². The summed E-state index contributed by atoms with van der Waals surface area (Å²) in [6.45, 7) is 1.82. The zero-order chi connectivity index (χ0) is 17.8. The third kappa shape index (κ3) is 3.80. The van der Waals surface area contributed by atoms with E-state index in [-0.39, 0.29) is 11.9 Å². The van der Waals surface area contributed by atoms with Crippen LogP contribution in [-0.2, 0) is 11.8 Å². The Kier molecular flexibility index (Phi) is 4.70. The molecule has 1 aromatic heterocycles. The molecule has 1 atom stereocenters. The topological polar surface area (TPSA) is 76.4 Å². The van der Waals surface area contributed by atoms with Crippen LogP contribution < -0.4 is 5.32 Å². The number of rotatable bonds is 4. The van der Waals surface area contributed by atoms with Gasteiger partial charge in [0, 0.05) is 12.6 Å². The van der Waals surface area contributed by atoms with Crippen molar-refractivity contribution in [1.29, 1.82) is 0 Å². The number of phenolic OH excluding ortho intramolecular Hbond substituents is 1. The van der Waals surface area contributed by atoms with Gasteiger partial charge in [-0.25, -0.2) is 4.79 Å². The van der Waals surface area contributed by atoms with Gasteiger partial charge in [0.25, 0.3) is 0 Å². The maximum Gasteiger partial charge on any atom is 0.413 e. The average Bonchev–Trinajstić information content (AvgIpc) is 2.97. The van der Waals surface area contributed by atoms with Gasteiger partial charge >= 0.3 is 6.09 Å². The lowest BCUT2D eigenvalue weighted by molar-refractivity contribution is 0.121. The Labute approximate surface area is 145 Å². The van der Waals surface area contributed by atoms with Crippen LogP contribution in [0.15, 0.2) is 60.8 Å². The molecule has 0 fully saturated rings. The third-order valence-electron chi connectivity index (χ3n) is 3.89. The zero-order valence-corrected chi connectivity index (χ0v) is 14.0. The molecule has 0 saturated heterocycles. The van der Waals surface area contributed by atoms with Crippen molar-refractivity contribution in [2.24, 2.45) is 7.05 Å². The van der Waals surface area contributed by atoms with Crippen LogP contribution in [-0.4, -0.2) is 21.0 Å². The summed E-state index contributed by atoms with van der Waals surface area (Å²) in [5, 5.41) is 16.4. The molecular formula is C19H19N3O3. The summed E-state index contributed by atoms with van der Waals surface area (Å²) < 4.78 is 7.01. The summed E-state index contributed by atoms with van der Waals surface area (Å²) in [6, 6.07) is 16.2. The number of phenols is 1. The number of aryl methyl sites for hydroxylation is 1. The van der Waals surface area contributed by atoms with E-state index in [0.717, 1.165) is 16.7 Å². The monoisotopic (exact) mass is 337 g/mol. The van der Waals surface area contributed by atoms with Crippen LogP contribution in [0.3, 0.4) is 0 Å². The highest BCUT2D eigenvalue weighted by Gasteiger charge is 2.17. The molecule has 0 aliphatic heterocycles. The Morgan fingerprint density at radius 2 is 1.84 bits per heavy atom. The number of carbonyl (C=O) groups is 1. The van der Waals surface area contributed by atoms with E-state index in [2.05, 4.69) is 10.4 Å². The fourth-order valence-electron chi connectivity index (χ4n) is 2.52. The van der Waals surface area contributed by atoms with Crippen molar-refractivity contribution in [2.75, 3.05) is 5.32 Å². The lowest BCUT2D eigenvalue weighted by atomic mass is 10.1. The zero-order valence-electron chi connectivity index (χ0n) is 14.0. The predicted molar refractivity (Wildman–Crippen MR) is 95.3 cm³/mol. The molecule has 6 heteroatoms. The quantitative estimate of drug-likeness (QED) is 0.751. The summed E-state index contributed by atoms with van der Waals surface area (Å²) >= 11 is 0. The fourth-order valence-corrected chi connectivity index (χ4v) is 2.52. The highest BCUT2D eigenvalue weighted by atomic mass is 16.6. The number of benzene rings is 2. The van der Waals surface area contributed by atoms with Gasteiger partial charge in [-0.2, -0.15) is 5.10 Å². The van der Waals surface area contributed by atoms with Gasteiger partial charge < -0.3 is 9.84 Å². The molecule has 25 heavy (non-hydrogen) atoms. The molecule has 0 unspecified atom stereocenters. The number of amides is 1. The number of hydrogen-bond acceptors (Lipinski definition) is 4. The van der Waals surface area contributed by atoms with Gasteiger partial charge in [-0.15, -0.1) is 0 Å². The first-order valence-electron chi connectivity index (χ1n) is 7.88. The van der Waals surface area contributed by atoms with Gasteiger partial charge in [-0.3, -0.25) is 10.00 Å². The van der Waals surface area contributed by atoms with Gasteiger partial charge in [0.15, 0.2) is 0 Å². The van der Waals surface area contributed by atoms with Gasteiger partial charge in [0.05, 0.1) is 6.20 Å². The van der Waals surface area contributed by atoms with Crippen LogP contribution in [0.4, 0.5) is 10.6 Å². The first-order valence-corrected chi connectivity index (χ1v) is 7.88. The van der Waals surface area contributed by atoms with E-state index >= 15 is 0 Å². The first kappa shape index (κ1) is 16.6. The standard InChI is InChI=1S/C19H19N3O3/c1-13(14-6-4-3-5-7-14)25-19(24)21-18-17(12-20-22(18)2)15-8-10-16(23)11-9-15/h3-13,23H,1-2H3,(H,21,24)/t13-/m1/s1. The van der Waals surface area contributed by atoms with E-state index < -0.39 is 6.09 Å². The summed E-state index contributed by atoms with van der Waals surface area (Å²) in [7, 11) is 1.74. The summed E-state index contributed by atoms with van der Waals surface area (Å²) in [6.07, 6.45) is 0.731. The second-order valence-electron chi connectivity index (χ2n) is 5.66. The summed E-state index contributed by atoms with van der Waals surface area (Å²) in [5.74, 6) is 0.703. The number of hydrogen-bond donors (Lipinski definition) is 2. The van der Waals surface area contributed by atoms with E-state index in [0.29, 0.717) is 5.82 Å². The smallest absolute Gasteiger partial charge is 0.413 e. The maximum atomic E-state index is 12.3. The van der Waals surface area contributed by atoms with Crippen molar-refractivity contribution in [2.45, 2.75) is 13.0 Å². The number of anilines is 1. The number of nitrogens with zero attached hydrogens (tertiary/aromatic N) is 2. The fraction of sp³-hybridized carbons (Fsp3) is 0.158. The van der Waals surface area contributed by atoms with Crippen molar-refractivity contribution in [3.8, 4) is 16.9 Å². The Balaban J connectivity index is 1.75. The minimum absolute atomic E-state index is 0.179. The second-order valence-corrected chi connectivity index (χ2v) is 5.66. The summed E-state index contributed by atoms with van der Waals surface area (Å²) in [5.41, 5.74) is 2.49. The molecule has 0 spiro atoms. The van der Waals surface area contributed by atoms with E-state index in [9.17, 15) is 9.90 Å². The molecule has 3 aromatic rings. The molecule has 2 N–H and O–H groups in total. The molecule has 3 rings (SSSR count). The normalized spacial score (nSPS) is 11.8. The molecule has 0 aliphatic carbocycles. The summed E-state index contributed by atoms with van der Waals surface area (Å²) in [4.78, 5) is 12.3. The van der Waals surface area contributed by atoms with E-state index in [1.54, 1.807) is 42.2 Å². The van der Waals surface area contributed by atoms with Crippen LogP contribution in [0.5, 0.6) is 5.75 Å². The molecule has 1 heterocycles. The highest BCUT2D eigenvalue weighted by Crippen LogP contribution is 2.29. The number of ether oxygens (including phenoxy) is 1.